The smallest absolute Gasteiger partial charge is 0.496 e. The Balaban J connectivity index is 1.77. The number of imide groups is 1. The van der Waals surface area contributed by atoms with E-state index in [9.17, 15) is 27.6 Å². The van der Waals surface area contributed by atoms with E-state index in [-0.39, 0.29) is 11.5 Å². The molecule has 2 heterocycles. The van der Waals surface area contributed by atoms with Crippen LogP contribution in [0.3, 0.4) is 0 Å². The molecular weight excluding hydrogens is 445 g/mol. The third kappa shape index (κ3) is 5.21. The zero-order chi connectivity index (χ0) is 24.3. The van der Waals surface area contributed by atoms with Crippen molar-refractivity contribution in [2.45, 2.75) is 26.6 Å². The lowest BCUT2D eigenvalue weighted by atomic mass is 9.94. The van der Waals surface area contributed by atoms with E-state index in [2.05, 4.69) is 15.0 Å². The number of nitrogens with zero attached hydrogens (tertiary/aromatic N) is 3. The first-order chi connectivity index (χ1) is 15.6. The Kier molecular flexibility index (Phi) is 6.84. The molecule has 0 aliphatic carbocycles. The third-order valence-corrected chi connectivity index (χ3v) is 4.92. The summed E-state index contributed by atoms with van der Waals surface area (Å²) >= 11 is 0. The number of alkyl halides is 3. The lowest BCUT2D eigenvalue weighted by Gasteiger charge is -2.29. The maximum atomic E-state index is 13.2. The predicted octanol–water partition coefficient (Wildman–Crippen LogP) is 2.93. The van der Waals surface area contributed by atoms with Crippen molar-refractivity contribution in [3.05, 3.63) is 35.6 Å². The van der Waals surface area contributed by atoms with Crippen LogP contribution in [0.25, 0.3) is 0 Å². The van der Waals surface area contributed by atoms with Gasteiger partial charge in [-0.05, 0) is 37.6 Å². The molecule has 1 N–H and O–H groups in total. The van der Waals surface area contributed by atoms with E-state index < -0.39 is 42.4 Å². The lowest BCUT2D eigenvalue weighted by molar-refractivity contribution is -0.408. The van der Waals surface area contributed by atoms with Crippen LogP contribution in [0.5, 0.6) is 5.75 Å². The van der Waals surface area contributed by atoms with Gasteiger partial charge in [-0.2, -0.15) is 9.48 Å². The van der Waals surface area contributed by atoms with Gasteiger partial charge in [-0.1, -0.05) is 6.92 Å². The average Bonchev–Trinajstić information content (AvgIpc) is 2.75. The molecule has 176 valence electrons. The molecular formula is C21H22F3N4O5+. The van der Waals surface area contributed by atoms with Gasteiger partial charge in [-0.15, -0.1) is 18.2 Å². The zero-order valence-electron chi connectivity index (χ0n) is 18.1. The second-order valence-corrected chi connectivity index (χ2v) is 7.11. The number of carbonyl (C=O) groups excluding carboxylic acids is 3. The number of dihydropyridines is 1. The molecule has 33 heavy (non-hydrogen) atoms. The van der Waals surface area contributed by atoms with Gasteiger partial charge in [-0.25, -0.2) is 4.79 Å². The number of halogens is 3. The van der Waals surface area contributed by atoms with Crippen molar-refractivity contribution in [3.8, 4) is 5.75 Å². The van der Waals surface area contributed by atoms with Crippen molar-refractivity contribution in [2.24, 2.45) is 10.9 Å². The number of carbonyl (C=O) groups is 3. The number of nitrogens with one attached hydrogen (secondary N) is 1. The number of ether oxygens (including phenoxy) is 2. The highest BCUT2D eigenvalue weighted by Gasteiger charge is 2.51. The van der Waals surface area contributed by atoms with Crippen LogP contribution in [-0.4, -0.2) is 65.9 Å². The molecule has 9 nitrogen and oxygen atoms in total. The van der Waals surface area contributed by atoms with Crippen LogP contribution in [0.2, 0.25) is 0 Å². The molecule has 1 aromatic rings. The highest BCUT2D eigenvalue weighted by atomic mass is 19.4. The predicted molar refractivity (Wildman–Crippen MR) is 111 cm³/mol. The number of urea groups is 1. The molecule has 0 aromatic heterocycles. The van der Waals surface area contributed by atoms with Crippen molar-refractivity contribution >= 4 is 35.6 Å². The summed E-state index contributed by atoms with van der Waals surface area (Å²) in [4.78, 5) is 43.5. The first-order valence-corrected chi connectivity index (χ1v) is 10.1. The normalized spacial score (nSPS) is 18.5. The second-order valence-electron chi connectivity index (χ2n) is 7.11. The van der Waals surface area contributed by atoms with E-state index in [1.54, 1.807) is 13.1 Å². The molecule has 2 aliphatic heterocycles. The summed E-state index contributed by atoms with van der Waals surface area (Å²) in [5.74, 6) is -2.17. The maximum Gasteiger partial charge on any atom is 0.573 e. The molecule has 1 atom stereocenters. The Labute approximate surface area is 187 Å². The van der Waals surface area contributed by atoms with Crippen molar-refractivity contribution in [1.29, 1.82) is 0 Å². The van der Waals surface area contributed by atoms with E-state index in [1.807, 2.05) is 6.92 Å². The number of hydrogen-bond acceptors (Lipinski definition) is 6. The molecule has 0 radical (unpaired) electrons. The highest BCUT2D eigenvalue weighted by Crippen LogP contribution is 2.29. The van der Waals surface area contributed by atoms with E-state index in [0.29, 0.717) is 24.4 Å². The molecule has 0 fully saturated rings. The fraction of sp³-hybridized carbons (Fsp3) is 0.381. The van der Waals surface area contributed by atoms with Crippen molar-refractivity contribution in [3.63, 3.8) is 0 Å². The van der Waals surface area contributed by atoms with Crippen LogP contribution in [0, 0.1) is 5.92 Å². The zero-order valence-corrected chi connectivity index (χ0v) is 18.1. The molecule has 0 saturated heterocycles. The van der Waals surface area contributed by atoms with Gasteiger partial charge in [0, 0.05) is 11.3 Å². The van der Waals surface area contributed by atoms with Crippen LogP contribution in [0.1, 0.15) is 20.3 Å². The van der Waals surface area contributed by atoms with Crippen LogP contribution < -0.4 is 10.1 Å². The van der Waals surface area contributed by atoms with E-state index in [1.165, 1.54) is 23.8 Å². The number of fused-ring (bicyclic) bond motifs is 1. The molecule has 3 rings (SSSR count). The minimum Gasteiger partial charge on any atom is -0.496 e. The molecule has 1 aromatic carbocycles. The summed E-state index contributed by atoms with van der Waals surface area (Å²) in [5.41, 5.74) is 0.879. The Morgan fingerprint density at radius 1 is 1.21 bits per heavy atom. The van der Waals surface area contributed by atoms with E-state index >= 15 is 0 Å². The molecule has 0 spiro atoms. The standard InChI is InChI=1S/C21H21F3N4O5/c1-4-12-10-25-18-16(17(12)32-5-2)19(30)28(20(31)27(18)3)11-15(29)26-13-6-8-14(9-7-13)33-21(22,23)24/h6-10,16H,4-5,11H2,1-3H3/p+1. The minimum absolute atomic E-state index is 0.164. The van der Waals surface area contributed by atoms with Gasteiger partial charge in [0.15, 0.2) is 12.5 Å². The fourth-order valence-corrected chi connectivity index (χ4v) is 3.44. The highest BCUT2D eigenvalue weighted by molar-refractivity contribution is 6.17. The number of allylic oxidation sites excluding steroid dienone is 1. The summed E-state index contributed by atoms with van der Waals surface area (Å²) in [5, 5.41) is 2.44. The summed E-state index contributed by atoms with van der Waals surface area (Å²) in [6, 6.07) is 3.73. The molecule has 4 amide bonds. The van der Waals surface area contributed by atoms with Crippen LogP contribution >= 0.6 is 0 Å². The third-order valence-electron chi connectivity index (χ3n) is 4.92. The number of aliphatic imine (C=N–C) groups is 1. The Morgan fingerprint density at radius 2 is 1.88 bits per heavy atom. The SMILES string of the molecule is CCOC1=C(CC)C=NC2=[N+](C)C(=O)N(CC(=O)Nc3ccc(OC(F)(F)F)cc3)C(=O)C12. The lowest BCUT2D eigenvalue weighted by Crippen LogP contribution is -2.56. The van der Waals surface area contributed by atoms with Crippen molar-refractivity contribution in [2.75, 3.05) is 25.5 Å². The molecule has 0 bridgehead atoms. The quantitative estimate of drug-likeness (QED) is 0.622. The number of anilines is 1. The van der Waals surface area contributed by atoms with Crippen LogP contribution in [-0.2, 0) is 14.3 Å². The summed E-state index contributed by atoms with van der Waals surface area (Å²) in [7, 11) is 1.44. The number of amidine groups is 1. The van der Waals surface area contributed by atoms with Crippen LogP contribution in [0.15, 0.2) is 40.6 Å². The Bertz CT molecular complexity index is 1060. The Morgan fingerprint density at radius 3 is 2.45 bits per heavy atom. The fourth-order valence-electron chi connectivity index (χ4n) is 3.44. The first-order valence-electron chi connectivity index (χ1n) is 10.1. The van der Waals surface area contributed by atoms with Gasteiger partial charge in [0.05, 0.1) is 13.7 Å². The monoisotopic (exact) mass is 467 g/mol. The number of rotatable bonds is 7. The maximum absolute atomic E-state index is 13.2. The number of amides is 4. The summed E-state index contributed by atoms with van der Waals surface area (Å²) in [6.07, 6.45) is -2.72. The second kappa shape index (κ2) is 9.43. The van der Waals surface area contributed by atoms with E-state index in [4.69, 9.17) is 4.74 Å². The van der Waals surface area contributed by atoms with Gasteiger partial charge in [-0.3, -0.25) is 9.59 Å². The minimum atomic E-state index is -4.84. The van der Waals surface area contributed by atoms with E-state index in [0.717, 1.165) is 17.0 Å². The van der Waals surface area contributed by atoms with Gasteiger partial charge in [0.2, 0.25) is 0 Å². The van der Waals surface area contributed by atoms with Crippen molar-refractivity contribution in [1.82, 2.24) is 4.90 Å². The van der Waals surface area contributed by atoms with Crippen molar-refractivity contribution < 1.29 is 41.6 Å². The summed E-state index contributed by atoms with van der Waals surface area (Å²) < 4.78 is 47.5. The average molecular weight is 467 g/mol. The van der Waals surface area contributed by atoms with Gasteiger partial charge in [0.25, 0.3) is 11.7 Å². The van der Waals surface area contributed by atoms with Gasteiger partial charge < -0.3 is 14.8 Å². The first kappa shape index (κ1) is 24.0. The van der Waals surface area contributed by atoms with Crippen LogP contribution in [0.4, 0.5) is 23.7 Å². The van der Waals surface area contributed by atoms with Gasteiger partial charge in [0.1, 0.15) is 17.7 Å². The largest absolute Gasteiger partial charge is 0.573 e. The number of hydrogen-bond donors (Lipinski definition) is 1. The molecule has 12 heteroatoms. The topological polar surface area (TPSA) is 100 Å². The Hall–Kier alpha value is -3.70. The molecule has 0 saturated carbocycles. The molecule has 2 aliphatic rings. The molecule has 1 unspecified atom stereocenters. The van der Waals surface area contributed by atoms with Gasteiger partial charge >= 0.3 is 18.3 Å². The summed E-state index contributed by atoms with van der Waals surface area (Å²) in [6.45, 7) is 3.35. The number of benzene rings is 1.